The third-order valence-electron chi connectivity index (χ3n) is 3.11. The third-order valence-corrected chi connectivity index (χ3v) is 3.11. The molecule has 6 nitrogen and oxygen atoms in total. The Bertz CT molecular complexity index is 606. The number of ether oxygens (including phenoxy) is 2. The van der Waals surface area contributed by atoms with Gasteiger partial charge in [-0.15, -0.1) is 0 Å². The number of amides is 1. The molecule has 0 fully saturated rings. The number of nitriles is 1. The van der Waals surface area contributed by atoms with Crippen LogP contribution >= 0.6 is 0 Å². The molecule has 1 aromatic rings. The van der Waals surface area contributed by atoms with Gasteiger partial charge in [-0.1, -0.05) is 13.3 Å². The van der Waals surface area contributed by atoms with E-state index in [0.29, 0.717) is 36.9 Å². The van der Waals surface area contributed by atoms with Crippen LogP contribution in [0.1, 0.15) is 33.6 Å². The van der Waals surface area contributed by atoms with Crippen molar-refractivity contribution in [3.05, 3.63) is 30.0 Å². The second kappa shape index (κ2) is 10.9. The molecule has 24 heavy (non-hydrogen) atoms. The first kappa shape index (κ1) is 19.4. The SMILES string of the molecule is CCCCNC(=O)/C(C#N)=C\Nc1ccc(OCC)c(OCC)c1. The molecule has 0 bridgehead atoms. The van der Waals surface area contributed by atoms with E-state index < -0.39 is 0 Å². The van der Waals surface area contributed by atoms with Crippen LogP contribution in [-0.4, -0.2) is 25.7 Å². The number of carbonyl (C=O) groups excluding carboxylic acids is 1. The molecule has 0 aliphatic heterocycles. The van der Waals surface area contributed by atoms with Crippen LogP contribution in [0.5, 0.6) is 11.5 Å². The fourth-order valence-corrected chi connectivity index (χ4v) is 1.92. The molecular weight excluding hydrogens is 306 g/mol. The molecule has 0 unspecified atom stereocenters. The van der Waals surface area contributed by atoms with Crippen molar-refractivity contribution < 1.29 is 14.3 Å². The number of rotatable bonds is 10. The smallest absolute Gasteiger partial charge is 0.263 e. The average Bonchev–Trinajstić information content (AvgIpc) is 2.58. The van der Waals surface area contributed by atoms with E-state index in [9.17, 15) is 4.79 Å². The zero-order chi connectivity index (χ0) is 17.8. The van der Waals surface area contributed by atoms with Crippen LogP contribution < -0.4 is 20.1 Å². The van der Waals surface area contributed by atoms with E-state index in [2.05, 4.69) is 10.6 Å². The quantitative estimate of drug-likeness (QED) is 0.391. The van der Waals surface area contributed by atoms with Gasteiger partial charge in [0.15, 0.2) is 11.5 Å². The van der Waals surface area contributed by atoms with Gasteiger partial charge in [-0.3, -0.25) is 4.79 Å². The molecule has 0 radical (unpaired) electrons. The van der Waals surface area contributed by atoms with Gasteiger partial charge >= 0.3 is 0 Å². The van der Waals surface area contributed by atoms with Crippen molar-refractivity contribution in [1.29, 1.82) is 5.26 Å². The number of hydrogen-bond donors (Lipinski definition) is 2. The lowest BCUT2D eigenvalue weighted by atomic mass is 10.2. The van der Waals surface area contributed by atoms with Gasteiger partial charge in [0.05, 0.1) is 13.2 Å². The van der Waals surface area contributed by atoms with Gasteiger partial charge in [-0.05, 0) is 32.4 Å². The standard InChI is InChI=1S/C18H25N3O3/c1-4-7-10-20-18(22)14(12-19)13-21-15-8-9-16(23-5-2)17(11-15)24-6-3/h8-9,11,13,21H,4-7,10H2,1-3H3,(H,20,22)/b14-13-. The number of hydrogen-bond acceptors (Lipinski definition) is 5. The van der Waals surface area contributed by atoms with Crippen molar-refractivity contribution in [2.24, 2.45) is 0 Å². The second-order valence-corrected chi connectivity index (χ2v) is 4.95. The molecule has 1 amide bonds. The highest BCUT2D eigenvalue weighted by atomic mass is 16.5. The minimum absolute atomic E-state index is 0.0259. The summed E-state index contributed by atoms with van der Waals surface area (Å²) >= 11 is 0. The Labute approximate surface area is 143 Å². The zero-order valence-corrected chi connectivity index (χ0v) is 14.5. The van der Waals surface area contributed by atoms with Crippen LogP contribution in [0.4, 0.5) is 5.69 Å². The van der Waals surface area contributed by atoms with E-state index in [1.165, 1.54) is 6.20 Å². The van der Waals surface area contributed by atoms with Crippen LogP contribution in [0, 0.1) is 11.3 Å². The van der Waals surface area contributed by atoms with Crippen molar-refractivity contribution in [1.82, 2.24) is 5.32 Å². The molecule has 0 saturated heterocycles. The van der Waals surface area contributed by atoms with E-state index in [0.717, 1.165) is 12.8 Å². The van der Waals surface area contributed by atoms with E-state index in [4.69, 9.17) is 14.7 Å². The molecule has 0 aromatic heterocycles. The van der Waals surface area contributed by atoms with Gasteiger partial charge in [-0.25, -0.2) is 0 Å². The molecule has 0 spiro atoms. The molecular formula is C18H25N3O3. The predicted octanol–water partition coefficient (Wildman–Crippen LogP) is 3.22. The second-order valence-electron chi connectivity index (χ2n) is 4.95. The minimum atomic E-state index is -0.380. The van der Waals surface area contributed by atoms with Gasteiger partial charge in [0.2, 0.25) is 0 Å². The van der Waals surface area contributed by atoms with Crippen LogP contribution in [0.15, 0.2) is 30.0 Å². The van der Waals surface area contributed by atoms with Gasteiger partial charge < -0.3 is 20.1 Å². The van der Waals surface area contributed by atoms with Crippen molar-refractivity contribution in [3.63, 3.8) is 0 Å². The summed E-state index contributed by atoms with van der Waals surface area (Å²) in [6.07, 6.45) is 3.26. The average molecular weight is 331 g/mol. The van der Waals surface area contributed by atoms with Gasteiger partial charge in [-0.2, -0.15) is 5.26 Å². The number of carbonyl (C=O) groups is 1. The maximum atomic E-state index is 11.9. The summed E-state index contributed by atoms with van der Waals surface area (Å²) in [7, 11) is 0. The number of nitrogens with zero attached hydrogens (tertiary/aromatic N) is 1. The number of anilines is 1. The maximum absolute atomic E-state index is 11.9. The Kier molecular flexibility index (Phi) is 8.84. The van der Waals surface area contributed by atoms with E-state index in [-0.39, 0.29) is 11.5 Å². The predicted molar refractivity (Wildman–Crippen MR) is 94.0 cm³/mol. The van der Waals surface area contributed by atoms with Crippen molar-refractivity contribution in [2.75, 3.05) is 25.1 Å². The highest BCUT2D eigenvalue weighted by molar-refractivity contribution is 5.97. The number of nitrogens with one attached hydrogen (secondary N) is 2. The fraction of sp³-hybridized carbons (Fsp3) is 0.444. The largest absolute Gasteiger partial charge is 0.490 e. The van der Waals surface area contributed by atoms with Gasteiger partial charge in [0.25, 0.3) is 5.91 Å². The topological polar surface area (TPSA) is 83.4 Å². The molecule has 0 atom stereocenters. The Hall–Kier alpha value is -2.68. The molecule has 1 aromatic carbocycles. The zero-order valence-electron chi connectivity index (χ0n) is 14.5. The summed E-state index contributed by atoms with van der Waals surface area (Å²) in [5.74, 6) is 0.893. The molecule has 0 heterocycles. The van der Waals surface area contributed by atoms with Crippen molar-refractivity contribution in [2.45, 2.75) is 33.6 Å². The summed E-state index contributed by atoms with van der Waals surface area (Å²) in [5.41, 5.74) is 0.731. The van der Waals surface area contributed by atoms with Crippen LogP contribution in [-0.2, 0) is 4.79 Å². The van der Waals surface area contributed by atoms with Crippen molar-refractivity contribution in [3.8, 4) is 17.6 Å². The first-order valence-electron chi connectivity index (χ1n) is 8.20. The summed E-state index contributed by atoms with van der Waals surface area (Å²) in [4.78, 5) is 11.9. The normalized spacial score (nSPS) is 10.7. The van der Waals surface area contributed by atoms with E-state index >= 15 is 0 Å². The lowest BCUT2D eigenvalue weighted by molar-refractivity contribution is -0.117. The molecule has 1 rings (SSSR count). The lowest BCUT2D eigenvalue weighted by Gasteiger charge is -2.12. The fourth-order valence-electron chi connectivity index (χ4n) is 1.92. The number of unbranched alkanes of at least 4 members (excludes halogenated alkanes) is 1. The molecule has 0 saturated carbocycles. The molecule has 0 aliphatic carbocycles. The molecule has 0 aliphatic rings. The van der Waals surface area contributed by atoms with Crippen LogP contribution in [0.3, 0.4) is 0 Å². The first-order valence-corrected chi connectivity index (χ1v) is 8.20. The highest BCUT2D eigenvalue weighted by Crippen LogP contribution is 2.30. The summed E-state index contributed by atoms with van der Waals surface area (Å²) in [6.45, 7) is 7.46. The number of benzene rings is 1. The van der Waals surface area contributed by atoms with E-state index in [1.807, 2.05) is 26.8 Å². The monoisotopic (exact) mass is 331 g/mol. The van der Waals surface area contributed by atoms with Crippen molar-refractivity contribution >= 4 is 11.6 Å². The first-order chi connectivity index (χ1) is 11.7. The molecule has 6 heteroatoms. The van der Waals surface area contributed by atoms with Crippen LogP contribution in [0.2, 0.25) is 0 Å². The minimum Gasteiger partial charge on any atom is -0.490 e. The van der Waals surface area contributed by atoms with Gasteiger partial charge in [0, 0.05) is 24.5 Å². The summed E-state index contributed by atoms with van der Waals surface area (Å²) in [6, 6.07) is 7.26. The highest BCUT2D eigenvalue weighted by Gasteiger charge is 2.09. The Balaban J connectivity index is 2.81. The molecule has 130 valence electrons. The Morgan fingerprint density at radius 2 is 1.92 bits per heavy atom. The maximum Gasteiger partial charge on any atom is 0.263 e. The Morgan fingerprint density at radius 1 is 1.21 bits per heavy atom. The summed E-state index contributed by atoms with van der Waals surface area (Å²) in [5, 5.41) is 14.8. The summed E-state index contributed by atoms with van der Waals surface area (Å²) < 4.78 is 11.0. The lowest BCUT2D eigenvalue weighted by Crippen LogP contribution is -2.25. The van der Waals surface area contributed by atoms with Gasteiger partial charge in [0.1, 0.15) is 11.6 Å². The molecule has 2 N–H and O–H groups in total. The third kappa shape index (κ3) is 6.21. The Morgan fingerprint density at radius 3 is 2.54 bits per heavy atom. The van der Waals surface area contributed by atoms with E-state index in [1.54, 1.807) is 18.2 Å². The van der Waals surface area contributed by atoms with Crippen LogP contribution in [0.25, 0.3) is 0 Å².